The molecule has 2 aromatic carbocycles. The summed E-state index contributed by atoms with van der Waals surface area (Å²) in [5.74, 6) is -0.180. The third-order valence-electron chi connectivity index (χ3n) is 5.00. The zero-order valence-corrected chi connectivity index (χ0v) is 16.2. The van der Waals surface area contributed by atoms with E-state index < -0.39 is 0 Å². The molecule has 0 spiro atoms. The molecule has 0 bridgehead atoms. The lowest BCUT2D eigenvalue weighted by atomic mass is 9.95. The SMILES string of the molecule is Cc1ccc(CN2CC(c3ccccc3)=C(O)C(=Cc3ccccn3)C2=O)cc1. The summed E-state index contributed by atoms with van der Waals surface area (Å²) in [7, 11) is 0. The highest BCUT2D eigenvalue weighted by molar-refractivity contribution is 6.06. The van der Waals surface area contributed by atoms with Gasteiger partial charge in [0.25, 0.3) is 5.91 Å². The van der Waals surface area contributed by atoms with Crippen LogP contribution in [0.3, 0.4) is 0 Å². The lowest BCUT2D eigenvalue weighted by Crippen LogP contribution is -2.37. The number of aryl methyl sites for hydroxylation is 1. The van der Waals surface area contributed by atoms with Gasteiger partial charge in [0, 0.05) is 18.3 Å². The molecule has 4 heteroatoms. The van der Waals surface area contributed by atoms with Crippen LogP contribution in [-0.2, 0) is 11.3 Å². The minimum atomic E-state index is -0.201. The number of carbonyl (C=O) groups is 1. The number of aliphatic hydroxyl groups is 1. The van der Waals surface area contributed by atoms with Gasteiger partial charge in [0.05, 0.1) is 17.8 Å². The van der Waals surface area contributed by atoms with Crippen LogP contribution in [0.4, 0.5) is 0 Å². The van der Waals surface area contributed by atoms with Gasteiger partial charge >= 0.3 is 0 Å². The van der Waals surface area contributed by atoms with E-state index in [0.29, 0.717) is 18.8 Å². The Hall–Kier alpha value is -3.66. The van der Waals surface area contributed by atoms with E-state index >= 15 is 0 Å². The minimum absolute atomic E-state index is 0.0204. The van der Waals surface area contributed by atoms with Crippen LogP contribution in [0.2, 0.25) is 0 Å². The van der Waals surface area contributed by atoms with Crippen molar-refractivity contribution in [2.45, 2.75) is 13.5 Å². The Morgan fingerprint density at radius 1 is 1.00 bits per heavy atom. The predicted molar refractivity (Wildman–Crippen MR) is 115 cm³/mol. The number of nitrogens with zero attached hydrogens (tertiary/aromatic N) is 2. The quantitative estimate of drug-likeness (QED) is 0.661. The fourth-order valence-electron chi connectivity index (χ4n) is 3.42. The number of aliphatic hydroxyl groups excluding tert-OH is 1. The molecule has 0 saturated carbocycles. The molecule has 4 rings (SSSR count). The first-order valence-corrected chi connectivity index (χ1v) is 9.57. The summed E-state index contributed by atoms with van der Waals surface area (Å²) >= 11 is 0. The Morgan fingerprint density at radius 2 is 1.72 bits per heavy atom. The van der Waals surface area contributed by atoms with Crippen LogP contribution in [0, 0.1) is 6.92 Å². The first-order valence-electron chi connectivity index (χ1n) is 9.57. The zero-order chi connectivity index (χ0) is 20.2. The Labute approximate surface area is 170 Å². The number of hydrogen-bond donors (Lipinski definition) is 1. The number of hydrogen-bond acceptors (Lipinski definition) is 3. The largest absolute Gasteiger partial charge is 0.507 e. The highest BCUT2D eigenvalue weighted by atomic mass is 16.3. The van der Waals surface area contributed by atoms with Crippen molar-refractivity contribution in [1.29, 1.82) is 0 Å². The summed E-state index contributed by atoms with van der Waals surface area (Å²) in [6.45, 7) is 2.86. The van der Waals surface area contributed by atoms with Gasteiger partial charge in [0.1, 0.15) is 5.76 Å². The second-order valence-corrected chi connectivity index (χ2v) is 7.15. The number of aromatic nitrogens is 1. The maximum Gasteiger partial charge on any atom is 0.258 e. The van der Waals surface area contributed by atoms with E-state index in [9.17, 15) is 9.90 Å². The van der Waals surface area contributed by atoms with Crippen LogP contribution in [0.5, 0.6) is 0 Å². The summed E-state index contributed by atoms with van der Waals surface area (Å²) in [4.78, 5) is 19.3. The summed E-state index contributed by atoms with van der Waals surface area (Å²) in [6.07, 6.45) is 3.32. The van der Waals surface area contributed by atoms with E-state index in [1.807, 2.05) is 79.7 Å². The van der Waals surface area contributed by atoms with Gasteiger partial charge in [-0.1, -0.05) is 66.2 Å². The Bertz CT molecular complexity index is 1070. The van der Waals surface area contributed by atoms with E-state index in [1.165, 1.54) is 5.56 Å². The molecule has 1 aromatic heterocycles. The van der Waals surface area contributed by atoms with Gasteiger partial charge in [-0.15, -0.1) is 0 Å². The topological polar surface area (TPSA) is 53.4 Å². The van der Waals surface area contributed by atoms with Crippen molar-refractivity contribution < 1.29 is 9.90 Å². The molecule has 3 aromatic rings. The Kier molecular flexibility index (Phi) is 5.25. The van der Waals surface area contributed by atoms with Gasteiger partial charge in [-0.25, -0.2) is 0 Å². The third-order valence-corrected chi connectivity index (χ3v) is 5.00. The highest BCUT2D eigenvalue weighted by Crippen LogP contribution is 2.31. The van der Waals surface area contributed by atoms with E-state index in [2.05, 4.69) is 4.98 Å². The molecule has 0 unspecified atom stereocenters. The summed E-state index contributed by atoms with van der Waals surface area (Å²) < 4.78 is 0. The average molecular weight is 382 g/mol. The molecule has 0 aliphatic carbocycles. The minimum Gasteiger partial charge on any atom is -0.507 e. The van der Waals surface area contributed by atoms with Crippen molar-refractivity contribution in [2.75, 3.05) is 6.54 Å². The molecular weight excluding hydrogens is 360 g/mol. The molecule has 29 heavy (non-hydrogen) atoms. The van der Waals surface area contributed by atoms with Crippen LogP contribution < -0.4 is 0 Å². The molecule has 1 amide bonds. The predicted octanol–water partition coefficient (Wildman–Crippen LogP) is 4.79. The zero-order valence-electron chi connectivity index (χ0n) is 16.2. The fourth-order valence-corrected chi connectivity index (χ4v) is 3.42. The van der Waals surface area contributed by atoms with Crippen molar-refractivity contribution >= 4 is 17.6 Å². The maximum absolute atomic E-state index is 13.2. The normalized spacial score (nSPS) is 15.8. The van der Waals surface area contributed by atoms with E-state index in [1.54, 1.807) is 17.2 Å². The standard InChI is InChI=1S/C25H22N2O2/c1-18-10-12-19(13-11-18)16-27-17-23(20-7-3-2-4-8-20)24(28)22(25(27)29)15-21-9-5-6-14-26-21/h2-15,28H,16-17H2,1H3. The maximum atomic E-state index is 13.2. The van der Waals surface area contributed by atoms with E-state index in [-0.39, 0.29) is 17.2 Å². The molecule has 1 N–H and O–H groups in total. The second kappa shape index (κ2) is 8.15. The van der Waals surface area contributed by atoms with Crippen LogP contribution in [-0.4, -0.2) is 27.4 Å². The first kappa shape index (κ1) is 18.7. The van der Waals surface area contributed by atoms with Crippen LogP contribution >= 0.6 is 0 Å². The van der Waals surface area contributed by atoms with Gasteiger partial charge < -0.3 is 10.0 Å². The van der Waals surface area contributed by atoms with Crippen LogP contribution in [0.1, 0.15) is 22.4 Å². The Balaban J connectivity index is 1.76. The number of benzene rings is 2. The van der Waals surface area contributed by atoms with E-state index in [0.717, 1.165) is 16.7 Å². The van der Waals surface area contributed by atoms with Crippen LogP contribution in [0.15, 0.2) is 90.3 Å². The number of rotatable bonds is 4. The molecule has 0 saturated heterocycles. The van der Waals surface area contributed by atoms with Crippen molar-refractivity contribution in [2.24, 2.45) is 0 Å². The number of amides is 1. The third kappa shape index (κ3) is 4.11. The molecule has 0 atom stereocenters. The van der Waals surface area contributed by atoms with Crippen molar-refractivity contribution in [3.8, 4) is 0 Å². The van der Waals surface area contributed by atoms with Crippen molar-refractivity contribution in [1.82, 2.24) is 9.88 Å². The number of pyridine rings is 1. The van der Waals surface area contributed by atoms with E-state index in [4.69, 9.17) is 0 Å². The molecule has 0 radical (unpaired) electrons. The molecule has 1 aliphatic heterocycles. The van der Waals surface area contributed by atoms with Crippen molar-refractivity contribution in [3.63, 3.8) is 0 Å². The first-order chi connectivity index (χ1) is 14.1. The fraction of sp³-hybridized carbons (Fsp3) is 0.120. The van der Waals surface area contributed by atoms with Gasteiger partial charge in [-0.05, 0) is 36.3 Å². The van der Waals surface area contributed by atoms with Gasteiger partial charge in [0.15, 0.2) is 0 Å². The van der Waals surface area contributed by atoms with Crippen LogP contribution in [0.25, 0.3) is 11.6 Å². The summed E-state index contributed by atoms with van der Waals surface area (Å²) in [5.41, 5.74) is 4.76. The number of carbonyl (C=O) groups excluding carboxylic acids is 1. The smallest absolute Gasteiger partial charge is 0.258 e. The molecule has 1 aliphatic rings. The van der Waals surface area contributed by atoms with Crippen molar-refractivity contribution in [3.05, 3.63) is 113 Å². The molecule has 144 valence electrons. The highest BCUT2D eigenvalue weighted by Gasteiger charge is 2.31. The Morgan fingerprint density at radius 3 is 2.41 bits per heavy atom. The van der Waals surface area contributed by atoms with Gasteiger partial charge in [0.2, 0.25) is 0 Å². The molecular formula is C25H22N2O2. The lowest BCUT2D eigenvalue weighted by Gasteiger charge is -2.30. The molecule has 0 fully saturated rings. The monoisotopic (exact) mass is 382 g/mol. The summed E-state index contributed by atoms with van der Waals surface area (Å²) in [6, 6.07) is 23.3. The average Bonchev–Trinajstić information content (AvgIpc) is 2.76. The lowest BCUT2D eigenvalue weighted by molar-refractivity contribution is -0.127. The summed E-state index contributed by atoms with van der Waals surface area (Å²) in [5, 5.41) is 11.0. The molecule has 2 heterocycles. The molecule has 4 nitrogen and oxygen atoms in total. The van der Waals surface area contributed by atoms with Gasteiger partial charge in [-0.3, -0.25) is 9.78 Å². The second-order valence-electron chi connectivity index (χ2n) is 7.15. The van der Waals surface area contributed by atoms with Gasteiger partial charge in [-0.2, -0.15) is 0 Å².